The zero-order valence-corrected chi connectivity index (χ0v) is 13.6. The number of anilines is 1. The monoisotopic (exact) mass is 308 g/mol. The van der Waals surface area contributed by atoms with Gasteiger partial charge in [0.15, 0.2) is 0 Å². The molecule has 1 atom stereocenters. The summed E-state index contributed by atoms with van der Waals surface area (Å²) in [5.74, 6) is 0.587. The molecule has 0 bridgehead atoms. The largest absolute Gasteiger partial charge is 0.407 e. The van der Waals surface area contributed by atoms with Gasteiger partial charge in [0.25, 0.3) is 0 Å². The molecular formula is C15H21ClN4O. The van der Waals surface area contributed by atoms with Crippen molar-refractivity contribution >= 4 is 17.6 Å². The molecule has 1 unspecified atom stereocenters. The number of rotatable bonds is 6. The molecule has 2 aromatic rings. The van der Waals surface area contributed by atoms with Gasteiger partial charge in [-0.15, -0.1) is 5.10 Å². The zero-order valence-electron chi connectivity index (χ0n) is 12.8. The lowest BCUT2D eigenvalue weighted by Gasteiger charge is -2.23. The predicted octanol–water partition coefficient (Wildman–Crippen LogP) is 3.42. The topological polar surface area (TPSA) is 54.2 Å². The van der Waals surface area contributed by atoms with Crippen LogP contribution >= 0.6 is 11.6 Å². The minimum atomic E-state index is 0.0926. The second-order valence-electron chi connectivity index (χ2n) is 5.36. The van der Waals surface area contributed by atoms with E-state index in [-0.39, 0.29) is 6.04 Å². The smallest absolute Gasteiger partial charge is 0.318 e. The fourth-order valence-corrected chi connectivity index (χ4v) is 2.10. The lowest BCUT2D eigenvalue weighted by molar-refractivity contribution is 0.444. The number of nitrogens with one attached hydrogen (secondary N) is 1. The number of hydrogen-bond donors (Lipinski definition) is 1. The van der Waals surface area contributed by atoms with Crippen molar-refractivity contribution in [1.29, 1.82) is 0 Å². The average Bonchev–Trinajstić information content (AvgIpc) is 2.92. The fourth-order valence-electron chi connectivity index (χ4n) is 1.91. The minimum absolute atomic E-state index is 0.0926. The first-order valence-electron chi connectivity index (χ1n) is 7.01. The van der Waals surface area contributed by atoms with Crippen molar-refractivity contribution in [2.45, 2.75) is 39.4 Å². The molecule has 2 rings (SSSR count). The number of aromatic nitrogens is 2. The van der Waals surface area contributed by atoms with Crippen molar-refractivity contribution in [3.63, 3.8) is 0 Å². The lowest BCUT2D eigenvalue weighted by atomic mass is 10.1. The highest BCUT2D eigenvalue weighted by Crippen LogP contribution is 2.25. The first kappa shape index (κ1) is 15.8. The van der Waals surface area contributed by atoms with E-state index in [1.165, 1.54) is 0 Å². The lowest BCUT2D eigenvalue weighted by Crippen LogP contribution is -2.22. The van der Waals surface area contributed by atoms with Gasteiger partial charge in [0, 0.05) is 18.1 Å². The highest BCUT2D eigenvalue weighted by molar-refractivity contribution is 6.30. The van der Waals surface area contributed by atoms with Gasteiger partial charge >= 0.3 is 6.01 Å². The molecule has 0 aliphatic carbocycles. The number of hydrogen-bond acceptors (Lipinski definition) is 5. The summed E-state index contributed by atoms with van der Waals surface area (Å²) in [7, 11) is 1.93. The fraction of sp³-hybridized carbons (Fsp3) is 0.467. The van der Waals surface area contributed by atoms with Gasteiger partial charge in [-0.3, -0.25) is 0 Å². The van der Waals surface area contributed by atoms with Crippen molar-refractivity contribution in [1.82, 2.24) is 15.5 Å². The van der Waals surface area contributed by atoms with E-state index in [0.29, 0.717) is 24.5 Å². The first-order chi connectivity index (χ1) is 9.97. The molecule has 0 fully saturated rings. The van der Waals surface area contributed by atoms with Crippen LogP contribution in [-0.2, 0) is 6.54 Å². The maximum absolute atomic E-state index is 6.04. The molecule has 0 radical (unpaired) electrons. The highest BCUT2D eigenvalue weighted by Gasteiger charge is 2.18. The molecule has 1 aromatic carbocycles. The Morgan fingerprint density at radius 3 is 2.71 bits per heavy atom. The maximum atomic E-state index is 6.04. The molecule has 21 heavy (non-hydrogen) atoms. The molecule has 0 saturated carbocycles. The van der Waals surface area contributed by atoms with Gasteiger partial charge in [0.1, 0.15) is 0 Å². The van der Waals surface area contributed by atoms with Gasteiger partial charge < -0.3 is 14.6 Å². The molecule has 1 N–H and O–H groups in total. The summed E-state index contributed by atoms with van der Waals surface area (Å²) in [4.78, 5) is 1.94. The molecule has 5 nitrogen and oxygen atoms in total. The Kier molecular flexibility index (Phi) is 5.20. The van der Waals surface area contributed by atoms with Crippen molar-refractivity contribution < 1.29 is 4.42 Å². The van der Waals surface area contributed by atoms with Gasteiger partial charge in [0.05, 0.1) is 12.6 Å². The van der Waals surface area contributed by atoms with E-state index in [1.807, 2.05) is 36.2 Å². The van der Waals surface area contributed by atoms with E-state index < -0.39 is 0 Å². The molecule has 114 valence electrons. The van der Waals surface area contributed by atoms with Crippen molar-refractivity contribution in [2.24, 2.45) is 0 Å². The predicted molar refractivity (Wildman–Crippen MR) is 84.5 cm³/mol. The second-order valence-corrected chi connectivity index (χ2v) is 5.79. The van der Waals surface area contributed by atoms with Gasteiger partial charge in [-0.25, -0.2) is 0 Å². The first-order valence-corrected chi connectivity index (χ1v) is 7.39. The Morgan fingerprint density at radius 1 is 1.29 bits per heavy atom. The number of benzene rings is 1. The third kappa shape index (κ3) is 4.19. The van der Waals surface area contributed by atoms with Crippen molar-refractivity contribution in [2.75, 3.05) is 11.9 Å². The van der Waals surface area contributed by atoms with E-state index in [1.54, 1.807) is 0 Å². The molecule has 0 spiro atoms. The summed E-state index contributed by atoms with van der Waals surface area (Å²) in [5, 5.41) is 12.1. The number of halogens is 1. The summed E-state index contributed by atoms with van der Waals surface area (Å²) in [5.41, 5.74) is 1.10. The van der Waals surface area contributed by atoms with E-state index in [0.717, 1.165) is 10.6 Å². The van der Waals surface area contributed by atoms with Crippen LogP contribution in [0.1, 0.15) is 38.3 Å². The molecule has 0 aliphatic rings. The molecule has 0 amide bonds. The van der Waals surface area contributed by atoms with E-state index >= 15 is 0 Å². The van der Waals surface area contributed by atoms with E-state index in [4.69, 9.17) is 16.0 Å². The van der Waals surface area contributed by atoms with Crippen LogP contribution in [0.5, 0.6) is 0 Å². The van der Waals surface area contributed by atoms with Crippen LogP contribution < -0.4 is 10.2 Å². The van der Waals surface area contributed by atoms with Crippen LogP contribution in [0.15, 0.2) is 28.7 Å². The summed E-state index contributed by atoms with van der Waals surface area (Å²) in [6.07, 6.45) is 0. The van der Waals surface area contributed by atoms with Crippen LogP contribution in [0.4, 0.5) is 6.01 Å². The summed E-state index contributed by atoms with van der Waals surface area (Å²) < 4.78 is 5.68. The van der Waals surface area contributed by atoms with Gasteiger partial charge in [-0.05, 0) is 24.6 Å². The van der Waals surface area contributed by atoms with Crippen molar-refractivity contribution in [3.05, 3.63) is 40.7 Å². The Morgan fingerprint density at radius 2 is 2.05 bits per heavy atom. The summed E-state index contributed by atoms with van der Waals surface area (Å²) in [6.45, 7) is 6.79. The van der Waals surface area contributed by atoms with Gasteiger partial charge in [-0.1, -0.05) is 42.7 Å². The Hall–Kier alpha value is -1.59. The van der Waals surface area contributed by atoms with Crippen LogP contribution in [0.25, 0.3) is 0 Å². The highest BCUT2D eigenvalue weighted by atomic mass is 35.5. The SMILES string of the molecule is CC(C)NCc1nnc(N(C)C(C)c2cccc(Cl)c2)o1. The maximum Gasteiger partial charge on any atom is 0.318 e. The standard InChI is InChI=1S/C15H21ClN4O/c1-10(2)17-9-14-18-19-15(21-14)20(4)11(3)12-6-5-7-13(16)8-12/h5-8,10-11,17H,9H2,1-4H3. The summed E-state index contributed by atoms with van der Waals surface area (Å²) >= 11 is 6.04. The minimum Gasteiger partial charge on any atom is -0.407 e. The average molecular weight is 309 g/mol. The Balaban J connectivity index is 2.07. The van der Waals surface area contributed by atoms with Crippen LogP contribution in [0, 0.1) is 0 Å². The molecule has 0 saturated heterocycles. The molecule has 1 heterocycles. The van der Waals surface area contributed by atoms with Crippen LogP contribution in [0.3, 0.4) is 0 Å². The number of nitrogens with zero attached hydrogens (tertiary/aromatic N) is 3. The Labute approximate surface area is 130 Å². The van der Waals surface area contributed by atoms with E-state index in [9.17, 15) is 0 Å². The van der Waals surface area contributed by atoms with E-state index in [2.05, 4.69) is 36.3 Å². The van der Waals surface area contributed by atoms with Gasteiger partial charge in [0.2, 0.25) is 5.89 Å². The van der Waals surface area contributed by atoms with Crippen LogP contribution in [0.2, 0.25) is 5.02 Å². The second kappa shape index (κ2) is 6.91. The normalized spacial score (nSPS) is 12.7. The quantitative estimate of drug-likeness (QED) is 0.886. The van der Waals surface area contributed by atoms with Crippen molar-refractivity contribution in [3.8, 4) is 0 Å². The molecular weight excluding hydrogens is 288 g/mol. The Bertz CT molecular complexity index is 585. The molecule has 0 aliphatic heterocycles. The zero-order chi connectivity index (χ0) is 15.4. The molecule has 6 heteroatoms. The third-order valence-electron chi connectivity index (χ3n) is 3.33. The van der Waals surface area contributed by atoms with Crippen LogP contribution in [-0.4, -0.2) is 23.3 Å². The molecule has 1 aromatic heterocycles. The summed E-state index contributed by atoms with van der Waals surface area (Å²) in [6, 6.07) is 8.75. The third-order valence-corrected chi connectivity index (χ3v) is 3.57. The van der Waals surface area contributed by atoms with Gasteiger partial charge in [-0.2, -0.15) is 0 Å².